The highest BCUT2D eigenvalue weighted by molar-refractivity contribution is 7.89. The van der Waals surface area contributed by atoms with Gasteiger partial charge in [0.05, 0.1) is 4.90 Å². The monoisotopic (exact) mass is 435 g/mol. The maximum atomic E-state index is 13.3. The van der Waals surface area contributed by atoms with Crippen LogP contribution < -0.4 is 10.6 Å². The number of sulfonamides is 1. The van der Waals surface area contributed by atoms with E-state index in [2.05, 4.69) is 10.6 Å². The van der Waals surface area contributed by atoms with Crippen LogP contribution in [-0.4, -0.2) is 49.7 Å². The molecule has 0 bridgehead atoms. The van der Waals surface area contributed by atoms with Gasteiger partial charge in [0.15, 0.2) is 0 Å². The molecule has 2 aliphatic rings. The summed E-state index contributed by atoms with van der Waals surface area (Å²) in [4.78, 5) is 24.5. The largest absolute Gasteiger partial charge is 0.348 e. The van der Waals surface area contributed by atoms with Crippen LogP contribution in [0.15, 0.2) is 23.1 Å². The third-order valence-corrected chi connectivity index (χ3v) is 8.26. The molecule has 2 fully saturated rings. The molecule has 2 amide bonds. The van der Waals surface area contributed by atoms with Crippen molar-refractivity contribution < 1.29 is 18.0 Å². The van der Waals surface area contributed by atoms with Crippen LogP contribution in [0, 0.1) is 13.8 Å². The summed E-state index contributed by atoms with van der Waals surface area (Å²) in [6.07, 6.45) is 7.05. The average molecular weight is 436 g/mol. The van der Waals surface area contributed by atoms with Crippen molar-refractivity contribution >= 4 is 21.8 Å². The highest BCUT2D eigenvalue weighted by Crippen LogP contribution is 2.29. The number of carbonyl (C=O) groups excluding carboxylic acids is 2. The number of carbonyl (C=O) groups is 2. The minimum absolute atomic E-state index is 0.0970. The van der Waals surface area contributed by atoms with Gasteiger partial charge in [0.1, 0.15) is 0 Å². The van der Waals surface area contributed by atoms with Gasteiger partial charge in [0, 0.05) is 25.2 Å². The van der Waals surface area contributed by atoms with Crippen LogP contribution in [0.3, 0.4) is 0 Å². The smallest absolute Gasteiger partial charge is 0.309 e. The summed E-state index contributed by atoms with van der Waals surface area (Å²) in [5, 5.41) is 5.44. The molecule has 0 spiro atoms. The van der Waals surface area contributed by atoms with Gasteiger partial charge < -0.3 is 10.6 Å². The molecule has 1 aromatic rings. The van der Waals surface area contributed by atoms with Crippen molar-refractivity contribution in [2.75, 3.05) is 13.1 Å². The van der Waals surface area contributed by atoms with Crippen LogP contribution >= 0.6 is 0 Å². The molecule has 1 atom stereocenters. The summed E-state index contributed by atoms with van der Waals surface area (Å²) in [6.45, 7) is 4.46. The molecule has 30 heavy (non-hydrogen) atoms. The first-order valence-electron chi connectivity index (χ1n) is 11.0. The normalized spacial score (nSPS) is 20.8. The van der Waals surface area contributed by atoms with E-state index < -0.39 is 21.8 Å². The number of hydrogen-bond acceptors (Lipinski definition) is 4. The number of aryl methyl sites for hydroxylation is 2. The van der Waals surface area contributed by atoms with E-state index in [-0.39, 0.29) is 18.6 Å². The summed E-state index contributed by atoms with van der Waals surface area (Å²) in [5.74, 6) is -1.23. The van der Waals surface area contributed by atoms with Gasteiger partial charge in [0.25, 0.3) is 0 Å². The molecule has 1 heterocycles. The molecule has 1 saturated carbocycles. The molecule has 1 aliphatic carbocycles. The van der Waals surface area contributed by atoms with Gasteiger partial charge in [-0.3, -0.25) is 9.59 Å². The molecular weight excluding hydrogens is 402 g/mol. The molecule has 0 radical (unpaired) electrons. The molecule has 1 aliphatic heterocycles. The molecule has 2 N–H and O–H groups in total. The zero-order valence-electron chi connectivity index (χ0n) is 17.9. The van der Waals surface area contributed by atoms with E-state index in [4.69, 9.17) is 0 Å². The standard InChI is InChI=1S/C22H33N3O4S/c1-16-10-11-17(2)20(15-16)30(28,29)25-14-6-5-9-19(25)12-13-23-21(26)22(27)24-18-7-3-4-8-18/h10-11,15,18-19H,3-9,12-14H2,1-2H3,(H,23,26)(H,24,27)/t19-/m1/s1. The first-order chi connectivity index (χ1) is 14.3. The van der Waals surface area contributed by atoms with Gasteiger partial charge >= 0.3 is 11.8 Å². The summed E-state index contributed by atoms with van der Waals surface area (Å²) in [7, 11) is -3.61. The van der Waals surface area contributed by atoms with E-state index in [1.165, 1.54) is 0 Å². The Morgan fingerprint density at radius 1 is 1.03 bits per heavy atom. The van der Waals surface area contributed by atoms with Crippen molar-refractivity contribution in [3.8, 4) is 0 Å². The van der Waals surface area contributed by atoms with Crippen LogP contribution in [0.1, 0.15) is 62.5 Å². The van der Waals surface area contributed by atoms with Gasteiger partial charge in [-0.2, -0.15) is 4.31 Å². The Labute approximate surface area is 179 Å². The quantitative estimate of drug-likeness (QED) is 0.671. The molecule has 1 saturated heterocycles. The second-order valence-electron chi connectivity index (χ2n) is 8.53. The third kappa shape index (κ3) is 5.40. The van der Waals surface area contributed by atoms with E-state index in [0.717, 1.165) is 56.1 Å². The second-order valence-corrected chi connectivity index (χ2v) is 10.4. The second kappa shape index (κ2) is 9.92. The summed E-state index contributed by atoms with van der Waals surface area (Å²) >= 11 is 0. The van der Waals surface area contributed by atoms with Crippen LogP contribution in [0.4, 0.5) is 0 Å². The minimum atomic E-state index is -3.61. The molecule has 7 nitrogen and oxygen atoms in total. The van der Waals surface area contributed by atoms with Crippen LogP contribution in [0.2, 0.25) is 0 Å². The molecular formula is C22H33N3O4S. The molecule has 1 aromatic carbocycles. The van der Waals surface area contributed by atoms with Crippen molar-refractivity contribution in [1.82, 2.24) is 14.9 Å². The lowest BCUT2D eigenvalue weighted by Crippen LogP contribution is -2.47. The lowest BCUT2D eigenvalue weighted by Gasteiger charge is -2.35. The van der Waals surface area contributed by atoms with Gasteiger partial charge in [-0.25, -0.2) is 8.42 Å². The zero-order chi connectivity index (χ0) is 21.7. The Morgan fingerprint density at radius 3 is 2.47 bits per heavy atom. The maximum absolute atomic E-state index is 13.3. The van der Waals surface area contributed by atoms with Crippen molar-refractivity contribution in [3.63, 3.8) is 0 Å². The number of benzene rings is 1. The van der Waals surface area contributed by atoms with Crippen molar-refractivity contribution in [1.29, 1.82) is 0 Å². The van der Waals surface area contributed by atoms with Gasteiger partial charge in [0.2, 0.25) is 10.0 Å². The lowest BCUT2D eigenvalue weighted by molar-refractivity contribution is -0.139. The first kappa shape index (κ1) is 22.7. The number of amides is 2. The van der Waals surface area contributed by atoms with Gasteiger partial charge in [-0.15, -0.1) is 0 Å². The Kier molecular flexibility index (Phi) is 7.52. The van der Waals surface area contributed by atoms with Crippen LogP contribution in [0.5, 0.6) is 0 Å². The summed E-state index contributed by atoms with van der Waals surface area (Å²) < 4.78 is 28.3. The molecule has 0 unspecified atom stereocenters. The van der Waals surface area contributed by atoms with Crippen molar-refractivity contribution in [2.45, 2.75) is 82.2 Å². The molecule has 8 heteroatoms. The Morgan fingerprint density at radius 2 is 1.73 bits per heavy atom. The maximum Gasteiger partial charge on any atom is 0.309 e. The number of rotatable bonds is 6. The lowest BCUT2D eigenvalue weighted by atomic mass is 10.0. The van der Waals surface area contributed by atoms with Gasteiger partial charge in [-0.05, 0) is 63.1 Å². The number of nitrogens with one attached hydrogen (secondary N) is 2. The summed E-state index contributed by atoms with van der Waals surface area (Å²) in [5.41, 5.74) is 1.65. The predicted octanol–water partition coefficient (Wildman–Crippen LogP) is 2.41. The Balaban J connectivity index is 1.59. The third-order valence-electron chi connectivity index (χ3n) is 6.16. The minimum Gasteiger partial charge on any atom is -0.348 e. The summed E-state index contributed by atoms with van der Waals surface area (Å²) in [6, 6.07) is 5.39. The fraction of sp³-hybridized carbons (Fsp3) is 0.636. The van der Waals surface area contributed by atoms with E-state index in [1.807, 2.05) is 26.0 Å². The van der Waals surface area contributed by atoms with E-state index >= 15 is 0 Å². The van der Waals surface area contributed by atoms with E-state index in [0.29, 0.717) is 17.9 Å². The van der Waals surface area contributed by atoms with E-state index in [1.54, 1.807) is 10.4 Å². The number of piperidine rings is 1. The fourth-order valence-corrected chi connectivity index (χ4v) is 6.48. The first-order valence-corrected chi connectivity index (χ1v) is 12.4. The van der Waals surface area contributed by atoms with E-state index in [9.17, 15) is 18.0 Å². The van der Waals surface area contributed by atoms with Crippen LogP contribution in [-0.2, 0) is 19.6 Å². The predicted molar refractivity (Wildman–Crippen MR) is 115 cm³/mol. The fourth-order valence-electron chi connectivity index (χ4n) is 4.44. The highest BCUT2D eigenvalue weighted by Gasteiger charge is 2.34. The zero-order valence-corrected chi connectivity index (χ0v) is 18.8. The molecule has 0 aromatic heterocycles. The Bertz CT molecular complexity index is 878. The van der Waals surface area contributed by atoms with Gasteiger partial charge in [-0.1, -0.05) is 31.4 Å². The average Bonchev–Trinajstić information content (AvgIpc) is 3.23. The number of nitrogens with zero attached hydrogens (tertiary/aromatic N) is 1. The van der Waals surface area contributed by atoms with Crippen LogP contribution in [0.25, 0.3) is 0 Å². The molecule has 3 rings (SSSR count). The molecule has 166 valence electrons. The SMILES string of the molecule is Cc1ccc(C)c(S(=O)(=O)N2CCCC[C@@H]2CCNC(=O)C(=O)NC2CCCC2)c1. The number of hydrogen-bond donors (Lipinski definition) is 2. The van der Waals surface area contributed by atoms with Crippen molar-refractivity contribution in [2.24, 2.45) is 0 Å². The highest BCUT2D eigenvalue weighted by atomic mass is 32.2. The topological polar surface area (TPSA) is 95.6 Å². The van der Waals surface area contributed by atoms with Crippen molar-refractivity contribution in [3.05, 3.63) is 29.3 Å². The Hall–Kier alpha value is -1.93.